The summed E-state index contributed by atoms with van der Waals surface area (Å²) in [6, 6.07) is 25.0. The second kappa shape index (κ2) is 10.5. The second-order valence-electron chi connectivity index (χ2n) is 8.72. The van der Waals surface area contributed by atoms with Crippen LogP contribution in [0.2, 0.25) is 0 Å². The molecule has 0 saturated carbocycles. The molecule has 0 aliphatic heterocycles. The maximum absolute atomic E-state index is 13.4. The molecule has 1 atom stereocenters. The average molecular weight is 530 g/mol. The number of hydrogen-bond donors (Lipinski definition) is 1. The summed E-state index contributed by atoms with van der Waals surface area (Å²) in [5.74, 6) is -0.353. The third kappa shape index (κ3) is 6.45. The van der Waals surface area contributed by atoms with Gasteiger partial charge in [0.25, 0.3) is 10.0 Å². The van der Waals surface area contributed by atoms with Crippen molar-refractivity contribution in [2.24, 2.45) is 0 Å². The topological polar surface area (TPSA) is 66.5 Å². The molecule has 0 aliphatic carbocycles. The van der Waals surface area contributed by atoms with Crippen molar-refractivity contribution in [2.45, 2.75) is 43.5 Å². The molecule has 3 rings (SSSR count). The number of nitrogens with one attached hydrogen (secondary N) is 1. The Hall–Kier alpha value is -2.64. The molecular formula is C26H29BrN2O3S. The summed E-state index contributed by atoms with van der Waals surface area (Å²) >= 11 is 3.37. The number of rotatable bonds is 9. The second-order valence-corrected chi connectivity index (χ2v) is 11.5. The molecule has 5 nitrogen and oxygen atoms in total. The Bertz CT molecular complexity index is 1170. The molecule has 1 amide bonds. The van der Waals surface area contributed by atoms with Crippen LogP contribution >= 0.6 is 15.9 Å². The Labute approximate surface area is 205 Å². The Balaban J connectivity index is 1.78. The number of nitrogens with zero attached hydrogens (tertiary/aromatic N) is 1. The molecule has 0 spiro atoms. The van der Waals surface area contributed by atoms with E-state index in [0.29, 0.717) is 12.1 Å². The minimum Gasteiger partial charge on any atom is -0.352 e. The first-order valence-corrected chi connectivity index (χ1v) is 13.0. The van der Waals surface area contributed by atoms with Crippen LogP contribution in [-0.2, 0) is 20.2 Å². The first-order chi connectivity index (χ1) is 15.6. The van der Waals surface area contributed by atoms with Gasteiger partial charge < -0.3 is 5.32 Å². The highest BCUT2D eigenvalue weighted by atomic mass is 79.9. The zero-order valence-corrected chi connectivity index (χ0v) is 21.4. The third-order valence-corrected chi connectivity index (χ3v) is 7.83. The van der Waals surface area contributed by atoms with Crippen LogP contribution in [0.3, 0.4) is 0 Å². The van der Waals surface area contributed by atoms with Crippen molar-refractivity contribution in [3.8, 4) is 0 Å². The summed E-state index contributed by atoms with van der Waals surface area (Å²) in [5, 5.41) is 2.99. The Morgan fingerprint density at radius 3 is 2.06 bits per heavy atom. The van der Waals surface area contributed by atoms with E-state index < -0.39 is 10.0 Å². The van der Waals surface area contributed by atoms with E-state index in [0.717, 1.165) is 8.78 Å². The number of carbonyl (C=O) groups is 1. The van der Waals surface area contributed by atoms with Crippen molar-refractivity contribution < 1.29 is 13.2 Å². The Morgan fingerprint density at radius 2 is 1.48 bits per heavy atom. The molecule has 0 heterocycles. The van der Waals surface area contributed by atoms with E-state index in [4.69, 9.17) is 0 Å². The first-order valence-electron chi connectivity index (χ1n) is 10.8. The third-order valence-electron chi connectivity index (χ3n) is 5.51. The highest BCUT2D eigenvalue weighted by Gasteiger charge is 2.29. The lowest BCUT2D eigenvalue weighted by molar-refractivity contribution is -0.120. The van der Waals surface area contributed by atoms with Gasteiger partial charge in [-0.1, -0.05) is 78.3 Å². The fourth-order valence-electron chi connectivity index (χ4n) is 3.92. The molecular weight excluding hydrogens is 500 g/mol. The molecule has 33 heavy (non-hydrogen) atoms. The van der Waals surface area contributed by atoms with Crippen LogP contribution in [0.5, 0.6) is 0 Å². The van der Waals surface area contributed by atoms with Crippen LogP contribution in [0.4, 0.5) is 5.69 Å². The highest BCUT2D eigenvalue weighted by Crippen LogP contribution is 2.28. The Kier molecular flexibility index (Phi) is 7.97. The van der Waals surface area contributed by atoms with Crippen LogP contribution in [-0.4, -0.2) is 26.9 Å². The molecule has 0 aliphatic rings. The number of halogens is 1. The molecule has 3 aromatic rings. The first kappa shape index (κ1) is 25.0. The summed E-state index contributed by atoms with van der Waals surface area (Å²) in [5.41, 5.74) is 1.47. The summed E-state index contributed by atoms with van der Waals surface area (Å²) in [7, 11) is -3.92. The standard InChI is InChI=1S/C26H29BrN2O3S/c1-20(18-26(2,3)21-10-6-4-7-11-21)28-25(30)19-29(23-16-14-22(27)15-17-23)33(31,32)24-12-8-5-9-13-24/h4-17,20H,18-19H2,1-3H3,(H,28,30). The minimum atomic E-state index is -3.92. The number of anilines is 1. The van der Waals surface area contributed by atoms with Crippen molar-refractivity contribution >= 4 is 37.5 Å². The van der Waals surface area contributed by atoms with Gasteiger partial charge >= 0.3 is 0 Å². The predicted molar refractivity (Wildman–Crippen MR) is 137 cm³/mol. The molecule has 0 aromatic heterocycles. The van der Waals surface area contributed by atoms with Gasteiger partial charge in [-0.3, -0.25) is 9.10 Å². The predicted octanol–water partition coefficient (Wildman–Crippen LogP) is 5.52. The summed E-state index contributed by atoms with van der Waals surface area (Å²) < 4.78 is 28.7. The quantitative estimate of drug-likeness (QED) is 0.397. The molecule has 0 bridgehead atoms. The lowest BCUT2D eigenvalue weighted by atomic mass is 9.79. The largest absolute Gasteiger partial charge is 0.352 e. The lowest BCUT2D eigenvalue weighted by Gasteiger charge is -2.30. The van der Waals surface area contributed by atoms with Crippen molar-refractivity contribution in [1.82, 2.24) is 5.32 Å². The van der Waals surface area contributed by atoms with E-state index in [9.17, 15) is 13.2 Å². The van der Waals surface area contributed by atoms with Crippen molar-refractivity contribution in [2.75, 3.05) is 10.8 Å². The van der Waals surface area contributed by atoms with E-state index in [1.165, 1.54) is 17.7 Å². The maximum atomic E-state index is 13.4. The van der Waals surface area contributed by atoms with E-state index in [-0.39, 0.29) is 28.8 Å². The monoisotopic (exact) mass is 528 g/mol. The average Bonchev–Trinajstić information content (AvgIpc) is 2.79. The van der Waals surface area contributed by atoms with Crippen molar-refractivity contribution in [1.29, 1.82) is 0 Å². The van der Waals surface area contributed by atoms with Crippen molar-refractivity contribution in [3.05, 3.63) is 95.0 Å². The Morgan fingerprint density at radius 1 is 0.939 bits per heavy atom. The minimum absolute atomic E-state index is 0.138. The van der Waals surface area contributed by atoms with Crippen molar-refractivity contribution in [3.63, 3.8) is 0 Å². The molecule has 0 radical (unpaired) electrons. The van der Waals surface area contributed by atoms with Gasteiger partial charge in [-0.2, -0.15) is 0 Å². The van der Waals surface area contributed by atoms with Gasteiger partial charge in [-0.25, -0.2) is 8.42 Å². The zero-order valence-electron chi connectivity index (χ0n) is 19.0. The normalized spacial score (nSPS) is 12.7. The van der Waals surface area contributed by atoms with Gasteiger partial charge in [0.1, 0.15) is 6.54 Å². The number of carbonyl (C=O) groups excluding carboxylic acids is 1. The van der Waals surface area contributed by atoms with Gasteiger partial charge in [0.15, 0.2) is 0 Å². The molecule has 174 valence electrons. The smallest absolute Gasteiger partial charge is 0.264 e. The summed E-state index contributed by atoms with van der Waals surface area (Å²) in [6.07, 6.45) is 0.715. The number of sulfonamides is 1. The lowest BCUT2D eigenvalue weighted by Crippen LogP contribution is -2.45. The van der Waals surface area contributed by atoms with Crippen LogP contribution < -0.4 is 9.62 Å². The van der Waals surface area contributed by atoms with Crippen LogP contribution in [0.1, 0.15) is 32.8 Å². The van der Waals surface area contributed by atoms with Gasteiger partial charge in [-0.05, 0) is 60.7 Å². The number of amides is 1. The molecule has 3 aromatic carbocycles. The summed E-state index contributed by atoms with van der Waals surface area (Å²) in [4.78, 5) is 13.1. The fourth-order valence-corrected chi connectivity index (χ4v) is 5.62. The van der Waals surface area contributed by atoms with Crippen LogP contribution in [0.25, 0.3) is 0 Å². The molecule has 0 saturated heterocycles. The van der Waals surface area contributed by atoms with E-state index in [1.54, 1.807) is 42.5 Å². The molecule has 1 N–H and O–H groups in total. The zero-order chi connectivity index (χ0) is 24.1. The number of benzene rings is 3. The SMILES string of the molecule is CC(CC(C)(C)c1ccccc1)NC(=O)CN(c1ccc(Br)cc1)S(=O)(=O)c1ccccc1. The number of hydrogen-bond acceptors (Lipinski definition) is 3. The van der Waals surface area contributed by atoms with Crippen LogP contribution in [0.15, 0.2) is 94.3 Å². The molecule has 0 fully saturated rings. The van der Waals surface area contributed by atoms with Gasteiger partial charge in [-0.15, -0.1) is 0 Å². The van der Waals surface area contributed by atoms with Gasteiger partial charge in [0, 0.05) is 10.5 Å². The molecule has 7 heteroatoms. The fraction of sp³-hybridized carbons (Fsp3) is 0.269. The molecule has 1 unspecified atom stereocenters. The van der Waals surface area contributed by atoms with E-state index >= 15 is 0 Å². The van der Waals surface area contributed by atoms with Gasteiger partial charge in [0.05, 0.1) is 10.6 Å². The van der Waals surface area contributed by atoms with Gasteiger partial charge in [0.2, 0.25) is 5.91 Å². The van der Waals surface area contributed by atoms with Crippen LogP contribution in [0, 0.1) is 0 Å². The van der Waals surface area contributed by atoms with E-state index in [1.807, 2.05) is 25.1 Å². The summed E-state index contributed by atoms with van der Waals surface area (Å²) in [6.45, 7) is 5.91. The maximum Gasteiger partial charge on any atom is 0.264 e. The highest BCUT2D eigenvalue weighted by molar-refractivity contribution is 9.10. The van der Waals surface area contributed by atoms with E-state index in [2.05, 4.69) is 47.2 Å².